The lowest BCUT2D eigenvalue weighted by Crippen LogP contribution is -2.30. The molecule has 0 bridgehead atoms. The van der Waals surface area contributed by atoms with Crippen molar-refractivity contribution in [3.63, 3.8) is 0 Å². The van der Waals surface area contributed by atoms with E-state index in [-0.39, 0.29) is 37.5 Å². The van der Waals surface area contributed by atoms with Crippen LogP contribution in [0.15, 0.2) is 72.9 Å². The van der Waals surface area contributed by atoms with E-state index in [4.69, 9.17) is 14.2 Å². The SMILES string of the molecule is CCCC/C=C\C=C/CCCCCC(=O)OCC(COC(=O)CCC/C=C\C/C=C\C/C=C\CCCCCCCC)OC(=O)CCCCCCC/C=C\CCCCC. The Morgan fingerprint density at radius 2 is 0.707 bits per heavy atom. The molecule has 6 nitrogen and oxygen atoms in total. The molecule has 0 aliphatic heterocycles. The molecule has 0 aromatic rings. The van der Waals surface area contributed by atoms with Gasteiger partial charge in [0.1, 0.15) is 13.2 Å². The van der Waals surface area contributed by atoms with Gasteiger partial charge in [0.05, 0.1) is 0 Å². The van der Waals surface area contributed by atoms with E-state index < -0.39 is 6.10 Å². The number of carbonyl (C=O) groups is 3. The third-order valence-corrected chi connectivity index (χ3v) is 9.93. The molecule has 0 rings (SSSR count). The fourth-order valence-corrected chi connectivity index (χ4v) is 6.25. The molecule has 1 unspecified atom stereocenters. The first-order chi connectivity index (χ1) is 28.5. The quantitative estimate of drug-likeness (QED) is 0.0201. The first kappa shape index (κ1) is 54.9. The Labute approximate surface area is 357 Å². The number of hydrogen-bond acceptors (Lipinski definition) is 6. The van der Waals surface area contributed by atoms with Crippen molar-refractivity contribution >= 4 is 17.9 Å². The van der Waals surface area contributed by atoms with Crippen LogP contribution < -0.4 is 0 Å². The minimum absolute atomic E-state index is 0.109. The smallest absolute Gasteiger partial charge is 0.306 e. The van der Waals surface area contributed by atoms with Gasteiger partial charge in [-0.1, -0.05) is 177 Å². The van der Waals surface area contributed by atoms with Crippen LogP contribution >= 0.6 is 0 Å². The van der Waals surface area contributed by atoms with Gasteiger partial charge in [0.15, 0.2) is 6.10 Å². The Morgan fingerprint density at radius 3 is 1.26 bits per heavy atom. The molecule has 0 aliphatic rings. The predicted molar refractivity (Wildman–Crippen MR) is 247 cm³/mol. The van der Waals surface area contributed by atoms with Crippen LogP contribution in [0, 0.1) is 0 Å². The summed E-state index contributed by atoms with van der Waals surface area (Å²) in [7, 11) is 0. The van der Waals surface area contributed by atoms with Gasteiger partial charge in [-0.15, -0.1) is 0 Å². The number of carbonyl (C=O) groups excluding carboxylic acids is 3. The highest BCUT2D eigenvalue weighted by atomic mass is 16.6. The van der Waals surface area contributed by atoms with Crippen molar-refractivity contribution in [3.8, 4) is 0 Å². The maximum absolute atomic E-state index is 12.7. The van der Waals surface area contributed by atoms with Crippen LogP contribution in [0.1, 0.15) is 220 Å². The molecule has 0 amide bonds. The fourth-order valence-electron chi connectivity index (χ4n) is 6.25. The molecule has 0 aliphatic carbocycles. The van der Waals surface area contributed by atoms with E-state index in [1.54, 1.807) is 0 Å². The highest BCUT2D eigenvalue weighted by Crippen LogP contribution is 2.12. The molecule has 0 saturated carbocycles. The average Bonchev–Trinajstić information content (AvgIpc) is 3.22. The number of hydrogen-bond donors (Lipinski definition) is 0. The molecule has 0 saturated heterocycles. The zero-order valence-electron chi connectivity index (χ0n) is 37.8. The minimum atomic E-state index is -0.808. The maximum atomic E-state index is 12.7. The molecule has 0 aromatic heterocycles. The van der Waals surface area contributed by atoms with E-state index in [2.05, 4.69) is 93.7 Å². The number of esters is 3. The van der Waals surface area contributed by atoms with Crippen molar-refractivity contribution in [1.29, 1.82) is 0 Å². The van der Waals surface area contributed by atoms with Gasteiger partial charge >= 0.3 is 17.9 Å². The standard InChI is InChI=1S/C52H88O6/c1-4-7-10-13-16-19-22-24-25-26-27-28-31-33-36-39-42-45-51(54)57-48-49(47-56-50(53)44-41-38-35-32-29-21-18-15-12-9-6-3)58-52(55)46-43-40-37-34-30-23-20-17-14-11-8-5-2/h15,17-18,20-21,24-25,27-29,33,36,49H,4-14,16,19,22-23,26,30-32,34-35,37-48H2,1-3H3/b18-15-,20-17-,25-24-,28-27-,29-21-,36-33-. The van der Waals surface area contributed by atoms with Gasteiger partial charge in [-0.3, -0.25) is 14.4 Å². The van der Waals surface area contributed by atoms with Crippen LogP contribution in [0.25, 0.3) is 0 Å². The van der Waals surface area contributed by atoms with Crippen LogP contribution in [0.5, 0.6) is 0 Å². The second kappa shape index (κ2) is 46.5. The topological polar surface area (TPSA) is 78.9 Å². The van der Waals surface area contributed by atoms with Gasteiger partial charge in [-0.2, -0.15) is 0 Å². The summed E-state index contributed by atoms with van der Waals surface area (Å²) < 4.78 is 16.6. The van der Waals surface area contributed by atoms with Gasteiger partial charge in [0, 0.05) is 19.3 Å². The van der Waals surface area contributed by atoms with Crippen molar-refractivity contribution in [2.75, 3.05) is 13.2 Å². The summed E-state index contributed by atoms with van der Waals surface area (Å²) in [6, 6.07) is 0. The van der Waals surface area contributed by atoms with Crippen LogP contribution in [0.2, 0.25) is 0 Å². The van der Waals surface area contributed by atoms with Gasteiger partial charge < -0.3 is 14.2 Å². The van der Waals surface area contributed by atoms with Crippen molar-refractivity contribution in [3.05, 3.63) is 72.9 Å². The van der Waals surface area contributed by atoms with Crippen LogP contribution in [-0.4, -0.2) is 37.2 Å². The second-order valence-electron chi connectivity index (χ2n) is 15.7. The Bertz CT molecular complexity index is 1110. The zero-order chi connectivity index (χ0) is 42.3. The summed E-state index contributed by atoms with van der Waals surface area (Å²) >= 11 is 0. The van der Waals surface area contributed by atoms with Crippen molar-refractivity contribution in [2.24, 2.45) is 0 Å². The molecular formula is C52H88O6. The Morgan fingerprint density at radius 1 is 0.362 bits per heavy atom. The van der Waals surface area contributed by atoms with E-state index in [9.17, 15) is 14.4 Å². The molecule has 0 fully saturated rings. The van der Waals surface area contributed by atoms with Gasteiger partial charge in [-0.25, -0.2) is 0 Å². The summed E-state index contributed by atoms with van der Waals surface area (Å²) in [4.78, 5) is 37.8. The molecule has 1 atom stereocenters. The number of unbranched alkanes of at least 4 members (excludes halogenated alkanes) is 20. The zero-order valence-corrected chi connectivity index (χ0v) is 37.8. The number of allylic oxidation sites excluding steroid dienone is 12. The third kappa shape index (κ3) is 44.0. The lowest BCUT2D eigenvalue weighted by molar-refractivity contribution is -0.167. The summed E-state index contributed by atoms with van der Waals surface area (Å²) in [5.41, 5.74) is 0. The Kier molecular flexibility index (Phi) is 44.0. The normalized spacial score (nSPS) is 12.7. The van der Waals surface area contributed by atoms with Gasteiger partial charge in [0.2, 0.25) is 0 Å². The minimum Gasteiger partial charge on any atom is -0.462 e. The van der Waals surface area contributed by atoms with Crippen LogP contribution in [0.3, 0.4) is 0 Å². The lowest BCUT2D eigenvalue weighted by Gasteiger charge is -2.18. The average molecular weight is 809 g/mol. The lowest BCUT2D eigenvalue weighted by atomic mass is 10.1. The maximum Gasteiger partial charge on any atom is 0.306 e. The molecule has 0 heterocycles. The summed E-state index contributed by atoms with van der Waals surface area (Å²) in [5, 5.41) is 0. The van der Waals surface area contributed by atoms with E-state index in [1.807, 2.05) is 0 Å². The molecule has 0 spiro atoms. The number of rotatable bonds is 42. The van der Waals surface area contributed by atoms with Crippen LogP contribution in [-0.2, 0) is 28.6 Å². The molecular weight excluding hydrogens is 721 g/mol. The molecule has 0 aromatic carbocycles. The van der Waals surface area contributed by atoms with E-state index in [0.29, 0.717) is 19.3 Å². The first-order valence-electron chi connectivity index (χ1n) is 24.0. The first-order valence-corrected chi connectivity index (χ1v) is 24.0. The predicted octanol–water partition coefficient (Wildman–Crippen LogP) is 15.5. The number of ether oxygens (including phenoxy) is 3. The third-order valence-electron chi connectivity index (χ3n) is 9.93. The Balaban J connectivity index is 4.49. The highest BCUT2D eigenvalue weighted by molar-refractivity contribution is 5.71. The van der Waals surface area contributed by atoms with Gasteiger partial charge in [-0.05, 0) is 96.3 Å². The summed E-state index contributed by atoms with van der Waals surface area (Å²) in [6.45, 7) is 6.46. The molecule has 58 heavy (non-hydrogen) atoms. The molecule has 6 heteroatoms. The van der Waals surface area contributed by atoms with E-state index in [0.717, 1.165) is 83.5 Å². The van der Waals surface area contributed by atoms with E-state index in [1.165, 1.54) is 89.9 Å². The largest absolute Gasteiger partial charge is 0.462 e. The summed E-state index contributed by atoms with van der Waals surface area (Å²) in [6.07, 6.45) is 57.5. The monoisotopic (exact) mass is 809 g/mol. The second-order valence-corrected chi connectivity index (χ2v) is 15.7. The highest BCUT2D eigenvalue weighted by Gasteiger charge is 2.19. The van der Waals surface area contributed by atoms with Crippen LogP contribution in [0.4, 0.5) is 0 Å². The van der Waals surface area contributed by atoms with Crippen molar-refractivity contribution in [1.82, 2.24) is 0 Å². The molecule has 332 valence electrons. The summed E-state index contributed by atoms with van der Waals surface area (Å²) in [5.74, 6) is -1.00. The Hall–Kier alpha value is -3.15. The van der Waals surface area contributed by atoms with Gasteiger partial charge in [0.25, 0.3) is 0 Å². The molecule has 0 N–H and O–H groups in total. The molecule has 0 radical (unpaired) electrons. The van der Waals surface area contributed by atoms with Crippen molar-refractivity contribution in [2.45, 2.75) is 226 Å². The van der Waals surface area contributed by atoms with Crippen molar-refractivity contribution < 1.29 is 28.6 Å². The van der Waals surface area contributed by atoms with E-state index >= 15 is 0 Å². The fraction of sp³-hybridized carbons (Fsp3) is 0.712.